The zero-order valence-corrected chi connectivity index (χ0v) is 8.88. The highest BCUT2D eigenvalue weighted by atomic mass is 19.2. The lowest BCUT2D eigenvalue weighted by Gasteiger charge is -2.04. The van der Waals surface area contributed by atoms with Crippen LogP contribution in [0.4, 0.5) is 17.6 Å². The van der Waals surface area contributed by atoms with Crippen LogP contribution in [0.15, 0.2) is 36.4 Å². The molecule has 0 aliphatic rings. The van der Waals surface area contributed by atoms with Gasteiger partial charge in [0.15, 0.2) is 17.4 Å². The molecule has 0 N–H and O–H groups in total. The molecule has 18 heavy (non-hydrogen) atoms. The average Bonchev–Trinajstić information content (AvgIpc) is 2.35. The van der Waals surface area contributed by atoms with Crippen molar-refractivity contribution >= 4 is 5.78 Å². The Morgan fingerprint density at radius 3 is 2.28 bits per heavy atom. The topological polar surface area (TPSA) is 17.1 Å². The van der Waals surface area contributed by atoms with Crippen molar-refractivity contribution in [3.63, 3.8) is 0 Å². The summed E-state index contributed by atoms with van der Waals surface area (Å²) < 4.78 is 52.5. The molecule has 0 aliphatic carbocycles. The van der Waals surface area contributed by atoms with Gasteiger partial charge in [-0.1, -0.05) is 6.07 Å². The van der Waals surface area contributed by atoms with Crippen LogP contribution in [0.2, 0.25) is 0 Å². The largest absolute Gasteiger partial charge is 0.288 e. The molecule has 0 amide bonds. The second kappa shape index (κ2) is 4.60. The maximum atomic E-state index is 13.4. The first kappa shape index (κ1) is 12.3. The molecule has 0 fully saturated rings. The predicted octanol–water partition coefficient (Wildman–Crippen LogP) is 3.47. The van der Waals surface area contributed by atoms with E-state index in [-0.39, 0.29) is 0 Å². The van der Waals surface area contributed by atoms with Gasteiger partial charge in [-0.05, 0) is 30.3 Å². The summed E-state index contributed by atoms with van der Waals surface area (Å²) in [6.45, 7) is 0. The van der Waals surface area contributed by atoms with Gasteiger partial charge >= 0.3 is 0 Å². The first-order chi connectivity index (χ1) is 8.50. The average molecular weight is 254 g/mol. The van der Waals surface area contributed by atoms with Crippen LogP contribution in [-0.2, 0) is 0 Å². The third-order valence-corrected chi connectivity index (χ3v) is 2.37. The van der Waals surface area contributed by atoms with Crippen LogP contribution >= 0.6 is 0 Å². The molecule has 2 aromatic carbocycles. The Morgan fingerprint density at radius 2 is 1.56 bits per heavy atom. The van der Waals surface area contributed by atoms with Gasteiger partial charge in [-0.15, -0.1) is 0 Å². The van der Waals surface area contributed by atoms with Crippen molar-refractivity contribution in [3.05, 3.63) is 70.8 Å². The number of rotatable bonds is 2. The van der Waals surface area contributed by atoms with Crippen molar-refractivity contribution in [3.8, 4) is 0 Å². The molecule has 1 nitrogen and oxygen atoms in total. The van der Waals surface area contributed by atoms with Gasteiger partial charge in [0.25, 0.3) is 0 Å². The second-order valence-electron chi connectivity index (χ2n) is 3.55. The number of carbonyl (C=O) groups is 1. The first-order valence-electron chi connectivity index (χ1n) is 4.94. The standard InChI is InChI=1S/C13H6F4O/c14-7-4-5-10(15)9(6-7)13(18)8-2-1-3-11(16)12(8)17/h1-6H. The number of hydrogen-bond donors (Lipinski definition) is 0. The molecule has 0 radical (unpaired) electrons. The molecule has 0 aromatic heterocycles. The van der Waals surface area contributed by atoms with E-state index in [4.69, 9.17) is 0 Å². The molecule has 0 bridgehead atoms. The number of hydrogen-bond acceptors (Lipinski definition) is 1. The summed E-state index contributed by atoms with van der Waals surface area (Å²) in [4.78, 5) is 11.8. The van der Waals surface area contributed by atoms with Crippen molar-refractivity contribution in [1.29, 1.82) is 0 Å². The Hall–Kier alpha value is -2.17. The van der Waals surface area contributed by atoms with Crippen LogP contribution in [0.3, 0.4) is 0 Å². The van der Waals surface area contributed by atoms with Crippen LogP contribution in [0.25, 0.3) is 0 Å². The number of ketones is 1. The van der Waals surface area contributed by atoms with E-state index in [1.54, 1.807) is 0 Å². The molecule has 2 rings (SSSR count). The van der Waals surface area contributed by atoms with E-state index in [1.807, 2.05) is 0 Å². The van der Waals surface area contributed by atoms with E-state index >= 15 is 0 Å². The molecule has 0 saturated carbocycles. The highest BCUT2D eigenvalue weighted by Crippen LogP contribution is 2.18. The molecular formula is C13H6F4O. The minimum absolute atomic E-state index is 0.639. The SMILES string of the molecule is O=C(c1cc(F)ccc1F)c1cccc(F)c1F. The van der Waals surface area contributed by atoms with E-state index < -0.39 is 40.2 Å². The van der Waals surface area contributed by atoms with Gasteiger partial charge < -0.3 is 0 Å². The first-order valence-corrected chi connectivity index (χ1v) is 4.94. The van der Waals surface area contributed by atoms with E-state index in [0.29, 0.717) is 6.07 Å². The Kier molecular flexibility index (Phi) is 3.14. The lowest BCUT2D eigenvalue weighted by Crippen LogP contribution is -2.08. The zero-order valence-electron chi connectivity index (χ0n) is 8.88. The third-order valence-electron chi connectivity index (χ3n) is 2.37. The van der Waals surface area contributed by atoms with Crippen LogP contribution in [0.5, 0.6) is 0 Å². The van der Waals surface area contributed by atoms with Gasteiger partial charge in [-0.2, -0.15) is 0 Å². The summed E-state index contributed by atoms with van der Waals surface area (Å²) in [7, 11) is 0. The fourth-order valence-corrected chi connectivity index (χ4v) is 1.50. The van der Waals surface area contributed by atoms with Gasteiger partial charge in [0.1, 0.15) is 11.6 Å². The quantitative estimate of drug-likeness (QED) is 0.592. The minimum Gasteiger partial charge on any atom is -0.288 e. The number of benzene rings is 2. The Labute approximate surface area is 99.7 Å². The van der Waals surface area contributed by atoms with Crippen LogP contribution in [-0.4, -0.2) is 5.78 Å². The summed E-state index contributed by atoms with van der Waals surface area (Å²) in [5.74, 6) is -5.55. The normalized spacial score (nSPS) is 10.4. The lowest BCUT2D eigenvalue weighted by molar-refractivity contribution is 0.103. The third kappa shape index (κ3) is 2.11. The van der Waals surface area contributed by atoms with Gasteiger partial charge in [-0.25, -0.2) is 17.6 Å². The summed E-state index contributed by atoms with van der Waals surface area (Å²) >= 11 is 0. The summed E-state index contributed by atoms with van der Waals surface area (Å²) in [6, 6.07) is 5.16. The monoisotopic (exact) mass is 254 g/mol. The van der Waals surface area contributed by atoms with Gasteiger partial charge in [-0.3, -0.25) is 4.79 Å². The van der Waals surface area contributed by atoms with Crippen LogP contribution in [0, 0.1) is 23.3 Å². The zero-order chi connectivity index (χ0) is 13.3. The molecule has 0 atom stereocenters. The number of halogens is 4. The molecule has 0 saturated heterocycles. The molecule has 92 valence electrons. The summed E-state index contributed by atoms with van der Waals surface area (Å²) in [6.07, 6.45) is 0. The van der Waals surface area contributed by atoms with Crippen molar-refractivity contribution in [1.82, 2.24) is 0 Å². The Balaban J connectivity index is 2.55. The molecule has 0 heterocycles. The lowest BCUT2D eigenvalue weighted by atomic mass is 10.0. The fraction of sp³-hybridized carbons (Fsp3) is 0. The molecule has 2 aromatic rings. The van der Waals surface area contributed by atoms with E-state index in [9.17, 15) is 22.4 Å². The summed E-state index contributed by atoms with van der Waals surface area (Å²) in [5, 5.41) is 0. The number of carbonyl (C=O) groups excluding carboxylic acids is 1. The fourth-order valence-electron chi connectivity index (χ4n) is 1.50. The Morgan fingerprint density at radius 1 is 0.833 bits per heavy atom. The van der Waals surface area contributed by atoms with Gasteiger partial charge in [0, 0.05) is 0 Å². The smallest absolute Gasteiger partial charge is 0.199 e. The maximum absolute atomic E-state index is 13.4. The minimum atomic E-state index is -1.38. The Bertz CT molecular complexity index is 618. The summed E-state index contributed by atoms with van der Waals surface area (Å²) in [5.41, 5.74) is -1.28. The van der Waals surface area contributed by atoms with E-state index in [2.05, 4.69) is 0 Å². The predicted molar refractivity (Wildman–Crippen MR) is 56.1 cm³/mol. The molecule has 0 unspecified atom stereocenters. The molecular weight excluding hydrogens is 248 g/mol. The van der Waals surface area contributed by atoms with Crippen LogP contribution in [0.1, 0.15) is 15.9 Å². The van der Waals surface area contributed by atoms with Crippen molar-refractivity contribution in [2.45, 2.75) is 0 Å². The van der Waals surface area contributed by atoms with Crippen LogP contribution < -0.4 is 0 Å². The molecule has 5 heteroatoms. The van der Waals surface area contributed by atoms with Crippen molar-refractivity contribution in [2.24, 2.45) is 0 Å². The van der Waals surface area contributed by atoms with Gasteiger partial charge in [0.05, 0.1) is 11.1 Å². The molecule has 0 aliphatic heterocycles. The maximum Gasteiger partial charge on any atom is 0.199 e. The van der Waals surface area contributed by atoms with E-state index in [1.165, 1.54) is 0 Å². The second-order valence-corrected chi connectivity index (χ2v) is 3.55. The van der Waals surface area contributed by atoms with Crippen molar-refractivity contribution < 1.29 is 22.4 Å². The highest BCUT2D eigenvalue weighted by molar-refractivity contribution is 6.09. The van der Waals surface area contributed by atoms with E-state index in [0.717, 1.165) is 30.3 Å². The molecule has 0 spiro atoms. The van der Waals surface area contributed by atoms with Crippen molar-refractivity contribution in [2.75, 3.05) is 0 Å². The van der Waals surface area contributed by atoms with Gasteiger partial charge in [0.2, 0.25) is 0 Å². The highest BCUT2D eigenvalue weighted by Gasteiger charge is 2.20.